The smallest absolute Gasteiger partial charge is 0.119 e. The van der Waals surface area contributed by atoms with Gasteiger partial charge in [0.1, 0.15) is 5.75 Å². The highest BCUT2D eigenvalue weighted by Crippen LogP contribution is 2.33. The van der Waals surface area contributed by atoms with E-state index in [9.17, 15) is 0 Å². The maximum absolute atomic E-state index is 5.34. The number of hydrogen-bond acceptors (Lipinski definition) is 3. The van der Waals surface area contributed by atoms with Crippen LogP contribution >= 0.6 is 0 Å². The molecule has 0 radical (unpaired) electrons. The second kappa shape index (κ2) is 7.09. The molecule has 1 aliphatic rings. The quantitative estimate of drug-likeness (QED) is 0.828. The third-order valence-electron chi connectivity index (χ3n) is 4.63. The van der Waals surface area contributed by atoms with Crippen molar-refractivity contribution in [1.29, 1.82) is 0 Å². The average Bonchev–Trinajstić information content (AvgIpc) is 2.88. The van der Waals surface area contributed by atoms with E-state index in [1.165, 1.54) is 30.4 Å². The van der Waals surface area contributed by atoms with Gasteiger partial charge in [-0.05, 0) is 56.5 Å². The molecule has 0 aromatic heterocycles. The summed E-state index contributed by atoms with van der Waals surface area (Å²) in [5.74, 6) is 0.967. The second-order valence-corrected chi connectivity index (χ2v) is 5.85. The fourth-order valence-corrected chi connectivity index (χ4v) is 2.87. The molecule has 2 rings (SSSR count). The van der Waals surface area contributed by atoms with Crippen molar-refractivity contribution in [3.63, 3.8) is 0 Å². The molecular weight excluding hydrogens is 248 g/mol. The summed E-state index contributed by atoms with van der Waals surface area (Å²) in [7, 11) is 3.95. The standard InChI is InChI=1S/C17H28N2O/c1-5-13(2)19(3)11-10-18-17-9-7-14-6-8-15(20-4)12-16(14)17/h6,8,12-13,17-18H,5,7,9-11H2,1-4H3. The molecular formula is C17H28N2O. The van der Waals surface area contributed by atoms with E-state index < -0.39 is 0 Å². The maximum atomic E-state index is 5.34. The minimum absolute atomic E-state index is 0.491. The normalized spacial score (nSPS) is 19.1. The summed E-state index contributed by atoms with van der Waals surface area (Å²) in [5, 5.41) is 3.70. The number of ether oxygens (including phenoxy) is 1. The zero-order chi connectivity index (χ0) is 14.5. The topological polar surface area (TPSA) is 24.5 Å². The lowest BCUT2D eigenvalue weighted by atomic mass is 10.1. The van der Waals surface area contributed by atoms with Gasteiger partial charge in [-0.25, -0.2) is 0 Å². The Morgan fingerprint density at radius 1 is 1.45 bits per heavy atom. The first-order chi connectivity index (χ1) is 9.65. The Bertz CT molecular complexity index is 433. The van der Waals surface area contributed by atoms with E-state index in [0.29, 0.717) is 12.1 Å². The van der Waals surface area contributed by atoms with E-state index >= 15 is 0 Å². The largest absolute Gasteiger partial charge is 0.497 e. The van der Waals surface area contributed by atoms with E-state index in [1.54, 1.807) is 7.11 Å². The molecule has 0 saturated carbocycles. The van der Waals surface area contributed by atoms with Crippen LogP contribution in [-0.4, -0.2) is 38.2 Å². The zero-order valence-corrected chi connectivity index (χ0v) is 13.3. The molecule has 0 fully saturated rings. The van der Waals surface area contributed by atoms with Crippen molar-refractivity contribution < 1.29 is 4.74 Å². The van der Waals surface area contributed by atoms with Crippen LogP contribution in [0.3, 0.4) is 0 Å². The molecule has 1 aromatic carbocycles. The number of fused-ring (bicyclic) bond motifs is 1. The number of methoxy groups -OCH3 is 1. The van der Waals surface area contributed by atoms with Crippen LogP contribution in [0.1, 0.15) is 43.9 Å². The van der Waals surface area contributed by atoms with Crippen LogP contribution in [0.4, 0.5) is 0 Å². The van der Waals surface area contributed by atoms with Gasteiger partial charge in [-0.15, -0.1) is 0 Å². The molecule has 112 valence electrons. The Balaban J connectivity index is 1.87. The third kappa shape index (κ3) is 3.53. The third-order valence-corrected chi connectivity index (χ3v) is 4.63. The molecule has 3 heteroatoms. The number of aryl methyl sites for hydroxylation is 1. The van der Waals surface area contributed by atoms with Crippen molar-refractivity contribution in [3.05, 3.63) is 29.3 Å². The first-order valence-corrected chi connectivity index (χ1v) is 7.76. The average molecular weight is 276 g/mol. The van der Waals surface area contributed by atoms with Crippen LogP contribution in [0.25, 0.3) is 0 Å². The lowest BCUT2D eigenvalue weighted by molar-refractivity contribution is 0.248. The molecule has 0 aliphatic heterocycles. The molecule has 1 N–H and O–H groups in total. The molecule has 0 bridgehead atoms. The number of nitrogens with one attached hydrogen (secondary N) is 1. The predicted octanol–water partition coefficient (Wildman–Crippen LogP) is 3.00. The van der Waals surface area contributed by atoms with Crippen molar-refractivity contribution in [2.24, 2.45) is 0 Å². The number of likely N-dealkylation sites (N-methyl/N-ethyl adjacent to an activating group) is 1. The second-order valence-electron chi connectivity index (χ2n) is 5.85. The first-order valence-electron chi connectivity index (χ1n) is 7.76. The molecule has 1 aromatic rings. The Kier molecular flexibility index (Phi) is 5.44. The molecule has 0 heterocycles. The van der Waals surface area contributed by atoms with Gasteiger partial charge in [-0.3, -0.25) is 0 Å². The molecule has 0 amide bonds. The molecule has 20 heavy (non-hydrogen) atoms. The van der Waals surface area contributed by atoms with Crippen LogP contribution in [0, 0.1) is 0 Å². The van der Waals surface area contributed by atoms with Crippen molar-refractivity contribution in [3.8, 4) is 5.75 Å². The molecule has 0 spiro atoms. The lowest BCUT2D eigenvalue weighted by Crippen LogP contribution is -2.35. The highest BCUT2D eigenvalue weighted by molar-refractivity contribution is 5.40. The summed E-state index contributed by atoms with van der Waals surface area (Å²) >= 11 is 0. The summed E-state index contributed by atoms with van der Waals surface area (Å²) < 4.78 is 5.34. The van der Waals surface area contributed by atoms with Crippen LogP contribution in [0.5, 0.6) is 5.75 Å². The van der Waals surface area contributed by atoms with E-state index in [4.69, 9.17) is 4.74 Å². The van der Waals surface area contributed by atoms with Gasteiger partial charge < -0.3 is 15.0 Å². The Morgan fingerprint density at radius 3 is 2.95 bits per heavy atom. The van der Waals surface area contributed by atoms with Crippen molar-refractivity contribution in [1.82, 2.24) is 10.2 Å². The summed E-state index contributed by atoms with van der Waals surface area (Å²) in [6, 6.07) is 7.62. The molecule has 3 nitrogen and oxygen atoms in total. The molecule has 2 atom stereocenters. The number of hydrogen-bond donors (Lipinski definition) is 1. The summed E-state index contributed by atoms with van der Waals surface area (Å²) in [5.41, 5.74) is 2.90. The summed E-state index contributed by atoms with van der Waals surface area (Å²) in [4.78, 5) is 2.43. The molecule has 2 unspecified atom stereocenters. The van der Waals surface area contributed by atoms with Gasteiger partial charge in [0.05, 0.1) is 7.11 Å². The Hall–Kier alpha value is -1.06. The van der Waals surface area contributed by atoms with Crippen molar-refractivity contribution in [2.75, 3.05) is 27.2 Å². The van der Waals surface area contributed by atoms with Crippen LogP contribution < -0.4 is 10.1 Å². The van der Waals surface area contributed by atoms with Crippen LogP contribution in [0.2, 0.25) is 0 Å². The van der Waals surface area contributed by atoms with E-state index in [2.05, 4.69) is 49.3 Å². The minimum Gasteiger partial charge on any atom is -0.497 e. The lowest BCUT2D eigenvalue weighted by Gasteiger charge is -2.24. The van der Waals surface area contributed by atoms with E-state index in [1.807, 2.05) is 0 Å². The number of nitrogens with zero attached hydrogens (tertiary/aromatic N) is 1. The van der Waals surface area contributed by atoms with Crippen molar-refractivity contribution in [2.45, 2.75) is 45.2 Å². The van der Waals surface area contributed by atoms with Gasteiger partial charge in [0, 0.05) is 25.2 Å². The fraction of sp³-hybridized carbons (Fsp3) is 0.647. The number of benzene rings is 1. The monoisotopic (exact) mass is 276 g/mol. The zero-order valence-electron chi connectivity index (χ0n) is 13.3. The Labute approximate surface area is 123 Å². The van der Waals surface area contributed by atoms with Crippen LogP contribution in [-0.2, 0) is 6.42 Å². The summed E-state index contributed by atoms with van der Waals surface area (Å²) in [6.45, 7) is 6.68. The van der Waals surface area contributed by atoms with E-state index in [-0.39, 0.29) is 0 Å². The molecule has 0 saturated heterocycles. The SMILES string of the molecule is CCC(C)N(C)CCNC1CCc2ccc(OC)cc21. The van der Waals surface area contributed by atoms with Crippen LogP contribution in [0.15, 0.2) is 18.2 Å². The van der Waals surface area contributed by atoms with Gasteiger partial charge >= 0.3 is 0 Å². The van der Waals surface area contributed by atoms with Gasteiger partial charge in [0.15, 0.2) is 0 Å². The first kappa shape index (κ1) is 15.3. The van der Waals surface area contributed by atoms with Gasteiger partial charge in [0.25, 0.3) is 0 Å². The highest BCUT2D eigenvalue weighted by Gasteiger charge is 2.22. The summed E-state index contributed by atoms with van der Waals surface area (Å²) in [6.07, 6.45) is 3.59. The number of rotatable bonds is 7. The van der Waals surface area contributed by atoms with Gasteiger partial charge in [-0.1, -0.05) is 13.0 Å². The Morgan fingerprint density at radius 2 is 2.25 bits per heavy atom. The van der Waals surface area contributed by atoms with Crippen molar-refractivity contribution >= 4 is 0 Å². The van der Waals surface area contributed by atoms with Gasteiger partial charge in [-0.2, -0.15) is 0 Å². The maximum Gasteiger partial charge on any atom is 0.119 e. The highest BCUT2D eigenvalue weighted by atomic mass is 16.5. The van der Waals surface area contributed by atoms with Gasteiger partial charge in [0.2, 0.25) is 0 Å². The fourth-order valence-electron chi connectivity index (χ4n) is 2.87. The van der Waals surface area contributed by atoms with E-state index in [0.717, 1.165) is 18.8 Å². The predicted molar refractivity (Wildman–Crippen MR) is 84.4 cm³/mol. The minimum atomic E-state index is 0.491. The molecule has 1 aliphatic carbocycles.